The lowest BCUT2D eigenvalue weighted by Crippen LogP contribution is -2.32. The maximum absolute atomic E-state index is 12.5. The number of halogens is 2. The van der Waals surface area contributed by atoms with E-state index in [2.05, 4.69) is 16.1 Å². The topological polar surface area (TPSA) is 58.2 Å². The number of anilines is 1. The zero-order valence-corrected chi connectivity index (χ0v) is 14.4. The molecule has 1 unspecified atom stereocenters. The van der Waals surface area contributed by atoms with Gasteiger partial charge in [-0.2, -0.15) is 0 Å². The zero-order chi connectivity index (χ0) is 17.9. The fraction of sp³-hybridized carbons (Fsp3) is 0.333. The number of sulfonamides is 1. The fourth-order valence-corrected chi connectivity index (χ4v) is 4.01. The molecule has 0 aromatic heterocycles. The van der Waals surface area contributed by atoms with Gasteiger partial charge in [0.1, 0.15) is 0 Å². The number of hydrogen-bond donors (Lipinski definition) is 2. The lowest BCUT2D eigenvalue weighted by Gasteiger charge is -2.27. The summed E-state index contributed by atoms with van der Waals surface area (Å²) in [7, 11) is -3.69. The van der Waals surface area contributed by atoms with E-state index in [4.69, 9.17) is 0 Å². The molecule has 0 amide bonds. The number of rotatable bonds is 6. The number of para-hydroxylation sites is 1. The lowest BCUT2D eigenvalue weighted by molar-refractivity contribution is 0.151. The first-order valence-corrected chi connectivity index (χ1v) is 9.66. The fourth-order valence-electron chi connectivity index (χ4n) is 2.96. The second-order valence-electron chi connectivity index (χ2n) is 6.09. The van der Waals surface area contributed by atoms with E-state index in [9.17, 15) is 17.2 Å². The summed E-state index contributed by atoms with van der Waals surface area (Å²) >= 11 is 0. The van der Waals surface area contributed by atoms with Crippen molar-refractivity contribution in [1.82, 2.24) is 4.72 Å². The summed E-state index contributed by atoms with van der Waals surface area (Å²) in [6, 6.07) is 13.0. The molecule has 1 aliphatic rings. The highest BCUT2D eigenvalue weighted by molar-refractivity contribution is 7.89. The molecule has 4 nitrogen and oxygen atoms in total. The predicted octanol–water partition coefficient (Wildman–Crippen LogP) is 3.72. The van der Waals surface area contributed by atoms with Gasteiger partial charge in [-0.25, -0.2) is 21.9 Å². The quantitative estimate of drug-likeness (QED) is 0.819. The summed E-state index contributed by atoms with van der Waals surface area (Å²) in [6.45, 7) is 0.290. The summed E-state index contributed by atoms with van der Waals surface area (Å²) < 4.78 is 52.1. The molecule has 1 aliphatic heterocycles. The summed E-state index contributed by atoms with van der Waals surface area (Å²) in [6.07, 6.45) is -0.0369. The van der Waals surface area contributed by atoms with Crippen molar-refractivity contribution in [3.05, 3.63) is 59.7 Å². The summed E-state index contributed by atoms with van der Waals surface area (Å²) in [5.74, 6) is 0. The first kappa shape index (κ1) is 17.8. The van der Waals surface area contributed by atoms with Gasteiger partial charge in [0, 0.05) is 23.8 Å². The van der Waals surface area contributed by atoms with Crippen molar-refractivity contribution < 1.29 is 17.2 Å². The first-order chi connectivity index (χ1) is 12.0. The number of benzene rings is 2. The van der Waals surface area contributed by atoms with Crippen molar-refractivity contribution in [3.63, 3.8) is 0 Å². The van der Waals surface area contributed by atoms with E-state index in [1.54, 1.807) is 0 Å². The van der Waals surface area contributed by atoms with Crippen molar-refractivity contribution in [2.75, 3.05) is 11.9 Å². The average molecular weight is 366 g/mol. The van der Waals surface area contributed by atoms with Gasteiger partial charge in [0.25, 0.3) is 6.43 Å². The van der Waals surface area contributed by atoms with Crippen LogP contribution in [0.3, 0.4) is 0 Å². The number of hydrogen-bond acceptors (Lipinski definition) is 3. The molecule has 3 rings (SSSR count). The molecule has 0 aliphatic carbocycles. The third kappa shape index (κ3) is 4.35. The largest absolute Gasteiger partial charge is 0.382 e. The van der Waals surface area contributed by atoms with Gasteiger partial charge in [-0.15, -0.1) is 0 Å². The molecular weight excluding hydrogens is 346 g/mol. The van der Waals surface area contributed by atoms with Gasteiger partial charge in [-0.05, 0) is 43.0 Å². The van der Waals surface area contributed by atoms with Crippen LogP contribution in [0.1, 0.15) is 30.4 Å². The molecule has 1 heterocycles. The third-order valence-corrected chi connectivity index (χ3v) is 5.84. The van der Waals surface area contributed by atoms with E-state index in [0.29, 0.717) is 13.0 Å². The molecule has 2 aromatic rings. The Morgan fingerprint density at radius 2 is 1.84 bits per heavy atom. The summed E-state index contributed by atoms with van der Waals surface area (Å²) in [4.78, 5) is -0.00107. The smallest absolute Gasteiger partial charge is 0.263 e. The van der Waals surface area contributed by atoms with Crippen molar-refractivity contribution in [3.8, 4) is 0 Å². The van der Waals surface area contributed by atoms with Gasteiger partial charge < -0.3 is 5.32 Å². The Morgan fingerprint density at radius 3 is 2.56 bits per heavy atom. The molecule has 0 saturated carbocycles. The van der Waals surface area contributed by atoms with E-state index < -0.39 is 16.4 Å². The van der Waals surface area contributed by atoms with E-state index in [1.165, 1.54) is 17.7 Å². The van der Waals surface area contributed by atoms with Gasteiger partial charge in [-0.1, -0.05) is 30.3 Å². The molecule has 0 spiro atoms. The number of nitrogens with one attached hydrogen (secondary N) is 2. The molecule has 1 atom stereocenters. The molecule has 2 aromatic carbocycles. The highest BCUT2D eigenvalue weighted by atomic mass is 32.2. The van der Waals surface area contributed by atoms with Gasteiger partial charge in [0.15, 0.2) is 0 Å². The second kappa shape index (κ2) is 7.49. The average Bonchev–Trinajstić information content (AvgIpc) is 2.61. The summed E-state index contributed by atoms with van der Waals surface area (Å²) in [5.41, 5.74) is 2.19. The Bertz CT molecular complexity index is 823. The van der Waals surface area contributed by atoms with Gasteiger partial charge in [-0.3, -0.25) is 0 Å². The minimum Gasteiger partial charge on any atom is -0.382 e. The molecule has 7 heteroatoms. The summed E-state index contributed by atoms with van der Waals surface area (Å²) in [5, 5.41) is 3.42. The Balaban J connectivity index is 1.54. The van der Waals surface area contributed by atoms with Gasteiger partial charge in [0.2, 0.25) is 10.0 Å². The number of aryl methyl sites for hydroxylation is 1. The van der Waals surface area contributed by atoms with Crippen LogP contribution in [0.25, 0.3) is 0 Å². The Morgan fingerprint density at radius 1 is 1.12 bits per heavy atom. The molecule has 0 bridgehead atoms. The SMILES string of the molecule is O=S(=O)(NCCC1CCc2ccccc2N1)c1ccc(C(F)F)cc1. The van der Waals surface area contributed by atoms with Crippen LogP contribution in [-0.4, -0.2) is 21.0 Å². The van der Waals surface area contributed by atoms with Crippen LogP contribution in [0.5, 0.6) is 0 Å². The normalized spacial score (nSPS) is 17.2. The second-order valence-corrected chi connectivity index (χ2v) is 7.86. The standard InChI is InChI=1S/C18H20F2N2O2S/c19-18(20)14-6-9-16(10-7-14)25(23,24)21-12-11-15-8-5-13-3-1-2-4-17(13)22-15/h1-4,6-7,9-10,15,18,21-22H,5,8,11-12H2. The minimum atomic E-state index is -3.69. The van der Waals surface area contributed by atoms with Crippen molar-refractivity contribution in [2.45, 2.75) is 36.6 Å². The molecule has 0 fully saturated rings. The number of fused-ring (bicyclic) bond motifs is 1. The van der Waals surface area contributed by atoms with Crippen LogP contribution in [-0.2, 0) is 16.4 Å². The highest BCUT2D eigenvalue weighted by Gasteiger charge is 2.19. The lowest BCUT2D eigenvalue weighted by atomic mass is 9.96. The van der Waals surface area contributed by atoms with E-state index >= 15 is 0 Å². The molecule has 25 heavy (non-hydrogen) atoms. The number of alkyl halides is 2. The minimum absolute atomic E-state index is 0.00107. The van der Waals surface area contributed by atoms with Crippen molar-refractivity contribution in [1.29, 1.82) is 0 Å². The first-order valence-electron chi connectivity index (χ1n) is 8.18. The Hall–Kier alpha value is -1.99. The molecule has 0 radical (unpaired) electrons. The maximum Gasteiger partial charge on any atom is 0.263 e. The van der Waals surface area contributed by atoms with Crippen LogP contribution in [0.4, 0.5) is 14.5 Å². The highest BCUT2D eigenvalue weighted by Crippen LogP contribution is 2.25. The maximum atomic E-state index is 12.5. The Kier molecular flexibility index (Phi) is 5.34. The van der Waals surface area contributed by atoms with Crippen LogP contribution < -0.4 is 10.0 Å². The van der Waals surface area contributed by atoms with Gasteiger partial charge in [0.05, 0.1) is 4.90 Å². The molecule has 134 valence electrons. The predicted molar refractivity (Wildman–Crippen MR) is 93.4 cm³/mol. The van der Waals surface area contributed by atoms with Crippen LogP contribution in [0.15, 0.2) is 53.4 Å². The van der Waals surface area contributed by atoms with Crippen LogP contribution >= 0.6 is 0 Å². The van der Waals surface area contributed by atoms with Crippen LogP contribution in [0.2, 0.25) is 0 Å². The van der Waals surface area contributed by atoms with E-state index in [0.717, 1.165) is 30.7 Å². The van der Waals surface area contributed by atoms with Gasteiger partial charge >= 0.3 is 0 Å². The van der Waals surface area contributed by atoms with Crippen molar-refractivity contribution >= 4 is 15.7 Å². The molecule has 0 saturated heterocycles. The molecular formula is C18H20F2N2O2S. The van der Waals surface area contributed by atoms with E-state index in [-0.39, 0.29) is 16.5 Å². The Labute approximate surface area is 146 Å². The third-order valence-electron chi connectivity index (χ3n) is 4.37. The van der Waals surface area contributed by atoms with Crippen molar-refractivity contribution in [2.24, 2.45) is 0 Å². The molecule has 2 N–H and O–H groups in total. The van der Waals surface area contributed by atoms with E-state index in [1.807, 2.05) is 18.2 Å². The monoisotopic (exact) mass is 366 g/mol. The van der Waals surface area contributed by atoms with Crippen LogP contribution in [0, 0.1) is 0 Å². The zero-order valence-electron chi connectivity index (χ0n) is 13.6.